The SMILES string of the molecule is CC1(C)c2cccc(c2)C(C)(C)c2ccc([n-]2)C(C)(C)c2cccc(c2)C(C)(C)c2ccc1[n-]2.C[Si](C)(C)[N-][Si](C)(C)C.[U+3]. The van der Waals surface area contributed by atoms with Crippen LogP contribution in [0.25, 0.3) is 4.65 Å². The van der Waals surface area contributed by atoms with Gasteiger partial charge in [-0.2, -0.15) is 0 Å². The Morgan fingerprint density at radius 3 is 0.841 bits per heavy atom. The second-order valence-corrected chi connectivity index (χ2v) is 26.1. The molecule has 44 heavy (non-hydrogen) atoms. The maximum Gasteiger partial charge on any atom is 3.00 e. The quantitative estimate of drug-likeness (QED) is 0.189. The molecule has 0 spiro atoms. The van der Waals surface area contributed by atoms with Crippen molar-refractivity contribution in [1.29, 1.82) is 0 Å². The molecule has 1 aliphatic heterocycles. The standard InChI is InChI=1S/C32H36N2.C6H18NSi2.U/c1-29(2)21-11-9-12-22(19-21)30(3,4)27-17-18-28(34-27)32(7,8)24-14-10-13-23(20-24)31(5,6)26-16-15-25(29)33-26;1-8(2,3)7-9(4,5)6;/h9-20H,1-8H3;1-6H3;/q-2;-1;+3. The Kier molecular flexibility index (Phi) is 10.5. The third-order valence-electron chi connectivity index (χ3n) is 9.12. The molecule has 0 fully saturated rings. The van der Waals surface area contributed by atoms with Gasteiger partial charge in [-0.25, -0.2) is 0 Å². The van der Waals surface area contributed by atoms with E-state index in [1.54, 1.807) is 0 Å². The van der Waals surface area contributed by atoms with Crippen LogP contribution in [0, 0.1) is 31.1 Å². The fourth-order valence-corrected chi connectivity index (χ4v) is 14.4. The van der Waals surface area contributed by atoms with Gasteiger partial charge in [0.15, 0.2) is 0 Å². The molecule has 0 atom stereocenters. The number of fused-ring (bicyclic) bond motifs is 8. The molecule has 4 aromatic rings. The molecule has 0 N–H and O–H groups in total. The summed E-state index contributed by atoms with van der Waals surface area (Å²) >= 11 is 0. The van der Waals surface area contributed by atoms with Crippen LogP contribution in [0.4, 0.5) is 0 Å². The van der Waals surface area contributed by atoms with Gasteiger partial charge in [-0.3, -0.25) is 0 Å². The Balaban J connectivity index is 0.000000463. The third-order valence-corrected chi connectivity index (χ3v) is 14.5. The van der Waals surface area contributed by atoms with E-state index in [2.05, 4.69) is 167 Å². The number of rotatable bonds is 2. The van der Waals surface area contributed by atoms with Gasteiger partial charge in [-0.05, 0) is 43.9 Å². The summed E-state index contributed by atoms with van der Waals surface area (Å²) in [6.45, 7) is 32.0. The van der Waals surface area contributed by atoms with Crippen LogP contribution < -0.4 is 9.97 Å². The minimum atomic E-state index is -1.11. The van der Waals surface area contributed by atoms with Crippen LogP contribution in [0.3, 0.4) is 0 Å². The molecule has 3 heterocycles. The Hall–Kier alpha value is -1.55. The number of aromatic nitrogens is 2. The topological polar surface area (TPSA) is 42.3 Å². The van der Waals surface area contributed by atoms with Crippen molar-refractivity contribution in [1.82, 2.24) is 9.97 Å². The van der Waals surface area contributed by atoms with Crippen LogP contribution in [0.15, 0.2) is 72.8 Å². The minimum Gasteiger partial charge on any atom is -0.668 e. The first-order valence-corrected chi connectivity index (χ1v) is 22.7. The first-order valence-electron chi connectivity index (χ1n) is 15.8. The second-order valence-electron chi connectivity index (χ2n) is 16.5. The molecule has 2 aromatic carbocycles. The van der Waals surface area contributed by atoms with Crippen molar-refractivity contribution in [2.75, 3.05) is 0 Å². The van der Waals surface area contributed by atoms with Crippen molar-refractivity contribution in [3.8, 4) is 0 Å². The second kappa shape index (κ2) is 12.6. The fourth-order valence-electron chi connectivity index (χ4n) is 6.31. The maximum atomic E-state index is 5.23. The number of nitrogens with zero attached hydrogens (tertiary/aromatic N) is 3. The van der Waals surface area contributed by atoms with Crippen LogP contribution in [-0.2, 0) is 21.7 Å². The monoisotopic (exact) mass is 846 g/mol. The molecule has 2 aromatic heterocycles. The van der Waals surface area contributed by atoms with Gasteiger partial charge in [0.1, 0.15) is 0 Å². The van der Waals surface area contributed by atoms with E-state index in [0.717, 1.165) is 22.8 Å². The van der Waals surface area contributed by atoms with Gasteiger partial charge < -0.3 is 14.6 Å². The van der Waals surface area contributed by atoms with Gasteiger partial charge >= 0.3 is 31.1 Å². The molecule has 0 amide bonds. The van der Waals surface area contributed by atoms with Crippen LogP contribution in [0.5, 0.6) is 0 Å². The Bertz CT molecular complexity index is 1370. The van der Waals surface area contributed by atoms with E-state index < -0.39 is 16.5 Å². The maximum absolute atomic E-state index is 5.23. The van der Waals surface area contributed by atoms with E-state index in [1.165, 1.54) is 22.3 Å². The molecule has 0 saturated carbocycles. The normalized spacial score (nSPS) is 18.0. The Morgan fingerprint density at radius 1 is 0.432 bits per heavy atom. The molecule has 1 radical (unpaired) electrons. The van der Waals surface area contributed by atoms with E-state index in [1.807, 2.05) is 0 Å². The molecule has 0 saturated heterocycles. The van der Waals surface area contributed by atoms with Gasteiger partial charge in [0.05, 0.1) is 0 Å². The summed E-state index contributed by atoms with van der Waals surface area (Å²) in [5.41, 5.74) is 8.76. The van der Waals surface area contributed by atoms with E-state index in [9.17, 15) is 0 Å². The molecule has 8 bridgehead atoms. The van der Waals surface area contributed by atoms with Crippen molar-refractivity contribution < 1.29 is 31.1 Å². The molecule has 233 valence electrons. The summed E-state index contributed by atoms with van der Waals surface area (Å²) in [7, 11) is -2.21. The van der Waals surface area contributed by atoms with Gasteiger partial charge in [-0.1, -0.05) is 184 Å². The van der Waals surface area contributed by atoms with Crippen molar-refractivity contribution in [2.45, 2.75) is 116 Å². The third kappa shape index (κ3) is 7.69. The smallest absolute Gasteiger partial charge is 0.668 e. The Labute approximate surface area is 294 Å². The van der Waals surface area contributed by atoms with Crippen LogP contribution in [-0.4, -0.2) is 16.5 Å². The number of hydrogen-bond donors (Lipinski definition) is 0. The zero-order valence-electron chi connectivity index (χ0n) is 29.8. The molecule has 0 aliphatic carbocycles. The average molecular weight is 847 g/mol. The first-order chi connectivity index (χ1) is 19.5. The summed E-state index contributed by atoms with van der Waals surface area (Å²) in [5, 5.41) is 0. The van der Waals surface area contributed by atoms with Crippen LogP contribution in [0.1, 0.15) is 100 Å². The van der Waals surface area contributed by atoms with Crippen molar-refractivity contribution >= 4 is 16.5 Å². The zero-order valence-corrected chi connectivity index (χ0v) is 35.9. The van der Waals surface area contributed by atoms with Crippen LogP contribution in [0.2, 0.25) is 39.3 Å². The molecular weight excluding hydrogens is 793 g/mol. The number of benzene rings is 2. The average Bonchev–Trinajstić information content (AvgIpc) is 3.59. The fraction of sp³-hybridized carbons (Fsp3) is 0.474. The largest absolute Gasteiger partial charge is 3.00 e. The summed E-state index contributed by atoms with van der Waals surface area (Å²) in [5.74, 6) is 0. The van der Waals surface area contributed by atoms with E-state index in [4.69, 9.17) is 14.6 Å². The van der Waals surface area contributed by atoms with Gasteiger partial charge in [0, 0.05) is 0 Å². The molecule has 3 nitrogen and oxygen atoms in total. The molecule has 6 heteroatoms. The molecule has 0 unspecified atom stereocenters. The predicted molar refractivity (Wildman–Crippen MR) is 191 cm³/mol. The summed E-state index contributed by atoms with van der Waals surface area (Å²) in [4.78, 5) is 10.5. The van der Waals surface area contributed by atoms with Gasteiger partial charge in [0.25, 0.3) is 0 Å². The molecule has 5 rings (SSSR count). The zero-order chi connectivity index (χ0) is 32.2. The molecule has 1 aliphatic rings. The van der Waals surface area contributed by atoms with Gasteiger partial charge in [-0.15, -0.1) is 22.8 Å². The minimum absolute atomic E-state index is 0. The predicted octanol–water partition coefficient (Wildman–Crippen LogP) is 10.2. The molecular formula is C38H54N3Si2U. The summed E-state index contributed by atoms with van der Waals surface area (Å²) in [6, 6.07) is 26.9. The number of hydrogen-bond acceptors (Lipinski definition) is 0. The Morgan fingerprint density at radius 2 is 0.659 bits per heavy atom. The van der Waals surface area contributed by atoms with Crippen LogP contribution >= 0.6 is 0 Å². The van der Waals surface area contributed by atoms with Crippen molar-refractivity contribution in [2.24, 2.45) is 0 Å². The first kappa shape index (κ1) is 36.9. The van der Waals surface area contributed by atoms with Crippen molar-refractivity contribution in [3.63, 3.8) is 0 Å². The summed E-state index contributed by atoms with van der Waals surface area (Å²) in [6.07, 6.45) is 0. The van der Waals surface area contributed by atoms with Crippen molar-refractivity contribution in [3.05, 3.63) is 122 Å². The summed E-state index contributed by atoms with van der Waals surface area (Å²) < 4.78 is 4.82. The van der Waals surface area contributed by atoms with E-state index in [-0.39, 0.29) is 52.8 Å². The van der Waals surface area contributed by atoms with E-state index in [0.29, 0.717) is 0 Å². The van der Waals surface area contributed by atoms with Gasteiger partial charge in [0.2, 0.25) is 0 Å². The van der Waals surface area contributed by atoms with E-state index >= 15 is 0 Å².